The number of hydrogen-bond donors (Lipinski definition) is 1. The summed E-state index contributed by atoms with van der Waals surface area (Å²) in [6.07, 6.45) is 3.71. The van der Waals surface area contributed by atoms with Crippen molar-refractivity contribution < 1.29 is 9.13 Å². The van der Waals surface area contributed by atoms with Crippen molar-refractivity contribution in [1.82, 2.24) is 4.98 Å². The Hall–Kier alpha value is -1.16. The summed E-state index contributed by atoms with van der Waals surface area (Å²) in [4.78, 5) is 3.93. The van der Waals surface area contributed by atoms with Crippen LogP contribution in [-0.4, -0.2) is 24.7 Å². The highest BCUT2D eigenvalue weighted by Gasteiger charge is 2.14. The minimum Gasteiger partial charge on any atom is -0.381 e. The van der Waals surface area contributed by atoms with Crippen LogP contribution in [0.1, 0.15) is 12.8 Å². The van der Waals surface area contributed by atoms with Gasteiger partial charge in [0, 0.05) is 26.0 Å². The van der Waals surface area contributed by atoms with Crippen molar-refractivity contribution in [2.45, 2.75) is 12.8 Å². The minimum absolute atomic E-state index is 0.292. The Morgan fingerprint density at radius 1 is 1.60 bits per heavy atom. The molecule has 1 aliphatic rings. The van der Waals surface area contributed by atoms with E-state index >= 15 is 0 Å². The van der Waals surface area contributed by atoms with Crippen molar-refractivity contribution in [2.24, 2.45) is 5.92 Å². The van der Waals surface area contributed by atoms with E-state index in [1.807, 2.05) is 0 Å². The maximum Gasteiger partial charge on any atom is 0.165 e. The summed E-state index contributed by atoms with van der Waals surface area (Å²) >= 11 is 0. The van der Waals surface area contributed by atoms with Gasteiger partial charge in [-0.15, -0.1) is 0 Å². The molecule has 1 atom stereocenters. The largest absolute Gasteiger partial charge is 0.381 e. The van der Waals surface area contributed by atoms with Gasteiger partial charge in [-0.3, -0.25) is 0 Å². The van der Waals surface area contributed by atoms with E-state index < -0.39 is 0 Å². The lowest BCUT2D eigenvalue weighted by molar-refractivity contribution is 0.185. The summed E-state index contributed by atoms with van der Waals surface area (Å²) in [6.45, 7) is 2.46. The quantitative estimate of drug-likeness (QED) is 0.826. The number of ether oxygens (including phenoxy) is 1. The highest BCUT2D eigenvalue weighted by atomic mass is 19.1. The Balaban J connectivity index is 1.75. The number of hydrogen-bond acceptors (Lipinski definition) is 3. The van der Waals surface area contributed by atoms with Gasteiger partial charge in [-0.05, 0) is 30.9 Å². The van der Waals surface area contributed by atoms with Crippen LogP contribution in [0.5, 0.6) is 0 Å². The average molecular weight is 210 g/mol. The Bertz CT molecular complexity index is 313. The van der Waals surface area contributed by atoms with E-state index in [0.29, 0.717) is 11.7 Å². The Labute approximate surface area is 88.7 Å². The molecular weight excluding hydrogens is 195 g/mol. The van der Waals surface area contributed by atoms with Crippen molar-refractivity contribution in [3.63, 3.8) is 0 Å². The zero-order valence-corrected chi connectivity index (χ0v) is 8.58. The summed E-state index contributed by atoms with van der Waals surface area (Å²) in [7, 11) is 0. The number of nitrogens with zero attached hydrogens (tertiary/aromatic N) is 1. The van der Waals surface area contributed by atoms with Crippen molar-refractivity contribution in [1.29, 1.82) is 0 Å². The predicted octanol–water partition coefficient (Wildman–Crippen LogP) is 2.06. The third-order valence-electron chi connectivity index (χ3n) is 2.63. The fourth-order valence-corrected chi connectivity index (χ4v) is 1.72. The van der Waals surface area contributed by atoms with Crippen LogP contribution in [0.2, 0.25) is 0 Å². The summed E-state index contributed by atoms with van der Waals surface area (Å²) in [5.41, 5.74) is 0. The van der Waals surface area contributed by atoms with Crippen LogP contribution in [0.4, 0.5) is 10.2 Å². The molecule has 0 aromatic carbocycles. The second kappa shape index (κ2) is 5.07. The predicted molar refractivity (Wildman–Crippen MR) is 56.2 cm³/mol. The van der Waals surface area contributed by atoms with Crippen LogP contribution in [0.15, 0.2) is 18.3 Å². The zero-order chi connectivity index (χ0) is 10.5. The molecule has 1 aliphatic heterocycles. The van der Waals surface area contributed by atoms with Gasteiger partial charge in [0.15, 0.2) is 11.6 Å². The summed E-state index contributed by atoms with van der Waals surface area (Å²) in [6, 6.07) is 3.00. The summed E-state index contributed by atoms with van der Waals surface area (Å²) in [5.74, 6) is 0.667. The molecular formula is C11H15FN2O. The minimum atomic E-state index is -0.292. The van der Waals surface area contributed by atoms with Crippen LogP contribution < -0.4 is 5.32 Å². The smallest absolute Gasteiger partial charge is 0.165 e. The van der Waals surface area contributed by atoms with Gasteiger partial charge in [-0.1, -0.05) is 0 Å². The van der Waals surface area contributed by atoms with Crippen molar-refractivity contribution >= 4 is 5.82 Å². The van der Waals surface area contributed by atoms with Crippen LogP contribution >= 0.6 is 0 Å². The number of nitrogens with one attached hydrogen (secondary N) is 1. The van der Waals surface area contributed by atoms with Crippen LogP contribution in [0, 0.1) is 11.7 Å². The van der Waals surface area contributed by atoms with E-state index in [4.69, 9.17) is 4.74 Å². The monoisotopic (exact) mass is 210 g/mol. The molecule has 1 saturated heterocycles. The van der Waals surface area contributed by atoms with E-state index in [0.717, 1.165) is 32.6 Å². The number of pyridine rings is 1. The van der Waals surface area contributed by atoms with E-state index in [9.17, 15) is 4.39 Å². The maximum atomic E-state index is 13.1. The third kappa shape index (κ3) is 2.89. The zero-order valence-electron chi connectivity index (χ0n) is 8.58. The Morgan fingerprint density at radius 2 is 2.53 bits per heavy atom. The molecule has 0 bridgehead atoms. The van der Waals surface area contributed by atoms with Crippen molar-refractivity contribution in [3.8, 4) is 0 Å². The standard InChI is InChI=1S/C11H15FN2O/c12-10-2-1-5-13-11(10)14-6-3-9-4-7-15-8-9/h1-2,5,9H,3-4,6-8H2,(H,13,14). The van der Waals surface area contributed by atoms with Gasteiger partial charge in [0.05, 0.1) is 0 Å². The van der Waals surface area contributed by atoms with Gasteiger partial charge < -0.3 is 10.1 Å². The summed E-state index contributed by atoms with van der Waals surface area (Å²) in [5, 5.41) is 3.00. The Kier molecular flexibility index (Phi) is 3.50. The Morgan fingerprint density at radius 3 is 3.27 bits per heavy atom. The third-order valence-corrected chi connectivity index (χ3v) is 2.63. The first-order valence-electron chi connectivity index (χ1n) is 5.28. The molecule has 1 fully saturated rings. The average Bonchev–Trinajstić information content (AvgIpc) is 2.74. The molecule has 3 nitrogen and oxygen atoms in total. The van der Waals surface area contributed by atoms with Crippen LogP contribution in [0.3, 0.4) is 0 Å². The number of aromatic nitrogens is 1. The molecule has 2 rings (SSSR count). The van der Waals surface area contributed by atoms with E-state index in [1.165, 1.54) is 6.07 Å². The molecule has 0 spiro atoms. The van der Waals surface area contributed by atoms with Crippen LogP contribution in [0.25, 0.3) is 0 Å². The number of rotatable bonds is 4. The second-order valence-corrected chi connectivity index (χ2v) is 3.78. The number of anilines is 1. The first kappa shape index (κ1) is 10.4. The highest BCUT2D eigenvalue weighted by molar-refractivity contribution is 5.35. The molecule has 1 aromatic heterocycles. The van der Waals surface area contributed by atoms with Gasteiger partial charge >= 0.3 is 0 Å². The molecule has 1 aromatic rings. The lowest BCUT2D eigenvalue weighted by atomic mass is 10.1. The first-order valence-corrected chi connectivity index (χ1v) is 5.28. The lowest BCUT2D eigenvalue weighted by Crippen LogP contribution is -2.10. The van der Waals surface area contributed by atoms with Crippen LogP contribution in [-0.2, 0) is 4.74 Å². The first-order chi connectivity index (χ1) is 7.36. The van der Waals surface area contributed by atoms with E-state index in [2.05, 4.69) is 10.3 Å². The molecule has 1 N–H and O–H groups in total. The molecule has 0 amide bonds. The van der Waals surface area contributed by atoms with Gasteiger partial charge in [0.1, 0.15) is 0 Å². The molecule has 82 valence electrons. The van der Waals surface area contributed by atoms with Gasteiger partial charge in [-0.25, -0.2) is 9.37 Å². The normalized spacial score (nSPS) is 20.5. The fraction of sp³-hybridized carbons (Fsp3) is 0.545. The molecule has 0 saturated carbocycles. The van der Waals surface area contributed by atoms with Crippen molar-refractivity contribution in [2.75, 3.05) is 25.1 Å². The molecule has 1 unspecified atom stereocenters. The molecule has 15 heavy (non-hydrogen) atoms. The van der Waals surface area contributed by atoms with Crippen molar-refractivity contribution in [3.05, 3.63) is 24.1 Å². The molecule has 4 heteroatoms. The van der Waals surface area contributed by atoms with E-state index in [-0.39, 0.29) is 5.82 Å². The molecule has 0 aliphatic carbocycles. The molecule has 0 radical (unpaired) electrons. The maximum absolute atomic E-state index is 13.1. The topological polar surface area (TPSA) is 34.2 Å². The molecule has 2 heterocycles. The fourth-order valence-electron chi connectivity index (χ4n) is 1.72. The second-order valence-electron chi connectivity index (χ2n) is 3.78. The van der Waals surface area contributed by atoms with E-state index in [1.54, 1.807) is 12.3 Å². The summed E-state index contributed by atoms with van der Waals surface area (Å²) < 4.78 is 18.4. The van der Waals surface area contributed by atoms with Gasteiger partial charge in [-0.2, -0.15) is 0 Å². The lowest BCUT2D eigenvalue weighted by Gasteiger charge is -2.09. The van der Waals surface area contributed by atoms with Gasteiger partial charge in [0.25, 0.3) is 0 Å². The van der Waals surface area contributed by atoms with Gasteiger partial charge in [0.2, 0.25) is 0 Å². The SMILES string of the molecule is Fc1cccnc1NCCC1CCOC1. The highest BCUT2D eigenvalue weighted by Crippen LogP contribution is 2.16. The number of halogens is 1.